The summed E-state index contributed by atoms with van der Waals surface area (Å²) in [5, 5.41) is 1.01. The number of carbonyl (C=O) groups excluding carboxylic acids is 3. The van der Waals surface area contributed by atoms with Crippen molar-refractivity contribution in [3.63, 3.8) is 0 Å². The molecule has 2 atom stereocenters. The van der Waals surface area contributed by atoms with Gasteiger partial charge in [-0.25, -0.2) is 14.5 Å². The number of aromatic nitrogens is 1. The van der Waals surface area contributed by atoms with Crippen LogP contribution in [0.15, 0.2) is 66.7 Å². The number of anilines is 1. The normalized spacial score (nSPS) is 18.4. The van der Waals surface area contributed by atoms with Crippen molar-refractivity contribution in [2.45, 2.75) is 18.5 Å². The Morgan fingerprint density at radius 3 is 2.42 bits per heavy atom. The van der Waals surface area contributed by atoms with Gasteiger partial charge in [-0.2, -0.15) is 0 Å². The predicted octanol–water partition coefficient (Wildman–Crippen LogP) is 4.45. The van der Waals surface area contributed by atoms with Crippen LogP contribution >= 0.6 is 0 Å². The fourth-order valence-electron chi connectivity index (χ4n) is 5.53. The van der Waals surface area contributed by atoms with E-state index in [4.69, 9.17) is 14.2 Å². The van der Waals surface area contributed by atoms with Gasteiger partial charge in [0.25, 0.3) is 5.91 Å². The van der Waals surface area contributed by atoms with Crippen molar-refractivity contribution >= 4 is 34.5 Å². The Labute approximate surface area is 218 Å². The molecule has 1 fully saturated rings. The van der Waals surface area contributed by atoms with Crippen molar-refractivity contribution in [1.82, 2.24) is 9.88 Å². The van der Waals surface area contributed by atoms with E-state index >= 15 is 0 Å². The summed E-state index contributed by atoms with van der Waals surface area (Å²) in [5.41, 5.74) is 4.29. The van der Waals surface area contributed by atoms with Gasteiger partial charge in [0.1, 0.15) is 23.6 Å². The molecule has 1 N–H and O–H groups in total. The molecule has 0 unspecified atom stereocenters. The Bertz CT molecular complexity index is 1590. The quantitative estimate of drug-likeness (QED) is 0.314. The number of esters is 1. The minimum absolute atomic E-state index is 0.328. The Balaban J connectivity index is 1.50. The van der Waals surface area contributed by atoms with Crippen LogP contribution in [0.25, 0.3) is 10.9 Å². The highest BCUT2D eigenvalue weighted by molar-refractivity contribution is 6.22. The molecular weight excluding hydrogens is 486 g/mol. The number of methoxy groups -OCH3 is 3. The number of rotatable bonds is 5. The van der Waals surface area contributed by atoms with Crippen molar-refractivity contribution < 1.29 is 28.6 Å². The van der Waals surface area contributed by atoms with E-state index in [1.54, 1.807) is 47.4 Å². The number of benzene rings is 3. The molecule has 3 heterocycles. The van der Waals surface area contributed by atoms with Gasteiger partial charge in [-0.15, -0.1) is 0 Å². The molecule has 9 heteroatoms. The second-order valence-electron chi connectivity index (χ2n) is 9.20. The van der Waals surface area contributed by atoms with Crippen LogP contribution in [0, 0.1) is 0 Å². The molecule has 0 aliphatic carbocycles. The monoisotopic (exact) mass is 511 g/mol. The summed E-state index contributed by atoms with van der Waals surface area (Å²) in [5.74, 6) is 0.126. The van der Waals surface area contributed by atoms with Crippen molar-refractivity contribution in [2.24, 2.45) is 0 Å². The minimum atomic E-state index is -0.716. The van der Waals surface area contributed by atoms with Gasteiger partial charge in [-0.1, -0.05) is 30.3 Å². The molecule has 3 aromatic carbocycles. The number of carbonyl (C=O) groups is 3. The number of nitrogens with zero attached hydrogens (tertiary/aromatic N) is 2. The zero-order valence-corrected chi connectivity index (χ0v) is 21.1. The van der Waals surface area contributed by atoms with E-state index in [0.29, 0.717) is 29.2 Å². The molecule has 38 heavy (non-hydrogen) atoms. The molecule has 1 saturated heterocycles. The Kier molecular flexibility index (Phi) is 5.56. The second kappa shape index (κ2) is 8.95. The van der Waals surface area contributed by atoms with Gasteiger partial charge in [-0.3, -0.25) is 9.69 Å². The molecule has 2 aliphatic heterocycles. The van der Waals surface area contributed by atoms with Gasteiger partial charge < -0.3 is 19.2 Å². The van der Waals surface area contributed by atoms with Crippen LogP contribution in [-0.2, 0) is 16.0 Å². The summed E-state index contributed by atoms with van der Waals surface area (Å²) < 4.78 is 15.6. The number of nitrogens with one attached hydrogen (secondary N) is 1. The van der Waals surface area contributed by atoms with Gasteiger partial charge in [0.15, 0.2) is 0 Å². The third-order valence-corrected chi connectivity index (χ3v) is 7.32. The van der Waals surface area contributed by atoms with E-state index in [1.807, 2.05) is 24.3 Å². The number of imide groups is 1. The molecule has 0 spiro atoms. The van der Waals surface area contributed by atoms with Crippen molar-refractivity contribution in [3.05, 3.63) is 89.1 Å². The lowest BCUT2D eigenvalue weighted by atomic mass is 9.88. The molecule has 1 aromatic heterocycles. The van der Waals surface area contributed by atoms with Crippen molar-refractivity contribution in [1.29, 1.82) is 0 Å². The molecule has 192 valence electrons. The van der Waals surface area contributed by atoms with Crippen LogP contribution in [-0.4, -0.2) is 55.2 Å². The van der Waals surface area contributed by atoms with E-state index in [1.165, 1.54) is 26.2 Å². The van der Waals surface area contributed by atoms with E-state index in [2.05, 4.69) is 4.98 Å². The topological polar surface area (TPSA) is 101 Å². The lowest BCUT2D eigenvalue weighted by Gasteiger charge is -2.36. The summed E-state index contributed by atoms with van der Waals surface area (Å²) in [4.78, 5) is 46.3. The maximum absolute atomic E-state index is 14.1. The predicted molar refractivity (Wildman–Crippen MR) is 140 cm³/mol. The lowest BCUT2D eigenvalue weighted by molar-refractivity contribution is -0.120. The van der Waals surface area contributed by atoms with Crippen LogP contribution in [0.1, 0.15) is 33.2 Å². The molecular formula is C29H25N3O6. The average molecular weight is 512 g/mol. The maximum Gasteiger partial charge on any atom is 0.337 e. The van der Waals surface area contributed by atoms with Crippen molar-refractivity contribution in [2.75, 3.05) is 26.2 Å². The number of aromatic amines is 1. The molecule has 0 bridgehead atoms. The molecule has 9 nitrogen and oxygen atoms in total. The summed E-state index contributed by atoms with van der Waals surface area (Å²) in [7, 11) is 4.35. The summed E-state index contributed by atoms with van der Waals surface area (Å²) >= 11 is 0. The van der Waals surface area contributed by atoms with Crippen LogP contribution in [0.4, 0.5) is 10.5 Å². The Morgan fingerprint density at radius 1 is 0.947 bits per heavy atom. The highest BCUT2D eigenvalue weighted by atomic mass is 16.5. The lowest BCUT2D eigenvalue weighted by Crippen LogP contribution is -2.44. The smallest absolute Gasteiger partial charge is 0.337 e. The number of urea groups is 1. The molecule has 6 rings (SSSR count). The van der Waals surface area contributed by atoms with Crippen LogP contribution < -0.4 is 14.4 Å². The van der Waals surface area contributed by atoms with Crippen LogP contribution in [0.3, 0.4) is 0 Å². The zero-order valence-electron chi connectivity index (χ0n) is 21.1. The maximum atomic E-state index is 14.1. The van der Waals surface area contributed by atoms with Gasteiger partial charge in [0.05, 0.1) is 32.6 Å². The Morgan fingerprint density at radius 2 is 1.71 bits per heavy atom. The molecule has 0 saturated carbocycles. The molecule has 4 aromatic rings. The SMILES string of the molecule is COC(=O)c1ccc([C@@H]2c3[nH]c4ccccc4c3C[C@H]3C(=O)N(c4ccc(OC)cc4OC)C(=O)N23)cc1. The van der Waals surface area contributed by atoms with Gasteiger partial charge in [0.2, 0.25) is 0 Å². The number of ether oxygens (including phenoxy) is 3. The summed E-state index contributed by atoms with van der Waals surface area (Å²) in [6.45, 7) is 0. The summed E-state index contributed by atoms with van der Waals surface area (Å²) in [6, 6.07) is 18.1. The van der Waals surface area contributed by atoms with E-state index < -0.39 is 24.1 Å². The first-order valence-corrected chi connectivity index (χ1v) is 12.1. The third kappa shape index (κ3) is 3.42. The van der Waals surface area contributed by atoms with E-state index in [-0.39, 0.29) is 5.91 Å². The highest BCUT2D eigenvalue weighted by Gasteiger charge is 2.53. The van der Waals surface area contributed by atoms with Crippen LogP contribution in [0.2, 0.25) is 0 Å². The first-order valence-electron chi connectivity index (χ1n) is 12.1. The number of H-pyrrole nitrogens is 1. The average Bonchev–Trinajstić information content (AvgIpc) is 3.45. The van der Waals surface area contributed by atoms with Gasteiger partial charge >= 0.3 is 12.0 Å². The number of fused-ring (bicyclic) bond motifs is 4. The molecule has 2 aliphatic rings. The van der Waals surface area contributed by atoms with Gasteiger partial charge in [-0.05, 0) is 41.5 Å². The Hall–Kier alpha value is -4.79. The molecule has 3 amide bonds. The van der Waals surface area contributed by atoms with E-state index in [9.17, 15) is 14.4 Å². The standard InChI is InChI=1S/C29H25N3O6/c1-36-18-12-13-22(24(14-18)37-2)32-27(33)23-15-20-19-6-4-5-7-21(19)30-25(20)26(31(23)29(32)35)16-8-10-17(11-9-16)28(34)38-3/h4-14,23,26,30H,15H2,1-3H3/t23-,26+/m0/s1. The summed E-state index contributed by atoms with van der Waals surface area (Å²) in [6.07, 6.45) is 0.371. The highest BCUT2D eigenvalue weighted by Crippen LogP contribution is 2.46. The fraction of sp³-hybridized carbons (Fsp3) is 0.207. The number of amides is 3. The van der Waals surface area contributed by atoms with Crippen LogP contribution in [0.5, 0.6) is 11.5 Å². The zero-order chi connectivity index (χ0) is 26.6. The first kappa shape index (κ1) is 23.6. The number of hydrogen-bond donors (Lipinski definition) is 1. The third-order valence-electron chi connectivity index (χ3n) is 7.32. The van der Waals surface area contributed by atoms with E-state index in [0.717, 1.165) is 27.7 Å². The van der Waals surface area contributed by atoms with Crippen molar-refractivity contribution in [3.8, 4) is 11.5 Å². The second-order valence-corrected chi connectivity index (χ2v) is 9.20. The minimum Gasteiger partial charge on any atom is -0.497 e. The fourth-order valence-corrected chi connectivity index (χ4v) is 5.53. The molecule has 0 radical (unpaired) electrons. The largest absolute Gasteiger partial charge is 0.497 e. The number of hydrogen-bond acceptors (Lipinski definition) is 6. The van der Waals surface area contributed by atoms with Gasteiger partial charge in [0, 0.05) is 29.1 Å². The number of para-hydroxylation sites is 1. The first-order chi connectivity index (χ1) is 18.5.